The van der Waals surface area contributed by atoms with Crippen molar-refractivity contribution in [1.29, 1.82) is 0 Å². The quantitative estimate of drug-likeness (QED) is 0.275. The third-order valence-electron chi connectivity index (χ3n) is 4.89. The molecule has 1 unspecified atom stereocenters. The number of esters is 1. The van der Waals surface area contributed by atoms with Crippen LogP contribution >= 0.6 is 0 Å². The van der Waals surface area contributed by atoms with Gasteiger partial charge in [0.2, 0.25) is 0 Å². The normalized spacial score (nSPS) is 11.9. The van der Waals surface area contributed by atoms with E-state index in [1.807, 2.05) is 0 Å². The average Bonchev–Trinajstić information content (AvgIpc) is 2.66. The summed E-state index contributed by atoms with van der Waals surface area (Å²) in [6, 6.07) is 6.24. The molecule has 0 bridgehead atoms. The second-order valence-electron chi connectivity index (χ2n) is 7.28. The van der Waals surface area contributed by atoms with Gasteiger partial charge in [0.1, 0.15) is 6.10 Å². The number of rotatable bonds is 15. The molecule has 0 saturated heterocycles. The summed E-state index contributed by atoms with van der Waals surface area (Å²) in [6.07, 6.45) is 13.9. The second kappa shape index (κ2) is 14.2. The molecule has 0 spiro atoms. The van der Waals surface area contributed by atoms with E-state index in [9.17, 15) is 14.7 Å². The summed E-state index contributed by atoms with van der Waals surface area (Å²) < 4.78 is 5.64. The van der Waals surface area contributed by atoms with E-state index in [0.717, 1.165) is 32.1 Å². The number of hydrogen-bond donors (Lipinski definition) is 1. The first-order valence-electron chi connectivity index (χ1n) is 10.6. The SMILES string of the molecule is CCCCCCCCCCCC(CCC)OC(=O)c1ccccc1C(=O)O. The van der Waals surface area contributed by atoms with Crippen LogP contribution in [-0.4, -0.2) is 23.1 Å². The molecule has 1 N–H and O–H groups in total. The number of hydrogen-bond acceptors (Lipinski definition) is 3. The lowest BCUT2D eigenvalue weighted by molar-refractivity contribution is 0.0248. The lowest BCUT2D eigenvalue weighted by Gasteiger charge is -2.18. The van der Waals surface area contributed by atoms with Gasteiger partial charge in [0.15, 0.2) is 0 Å². The highest BCUT2D eigenvalue weighted by molar-refractivity contribution is 6.02. The van der Waals surface area contributed by atoms with Crippen molar-refractivity contribution in [3.8, 4) is 0 Å². The first kappa shape index (κ1) is 23.2. The zero-order valence-corrected chi connectivity index (χ0v) is 17.0. The molecule has 0 saturated carbocycles. The molecule has 0 fully saturated rings. The van der Waals surface area contributed by atoms with Crippen LogP contribution in [0.15, 0.2) is 24.3 Å². The summed E-state index contributed by atoms with van der Waals surface area (Å²) >= 11 is 0. The van der Waals surface area contributed by atoms with Crippen molar-refractivity contribution in [1.82, 2.24) is 0 Å². The Balaban J connectivity index is 2.37. The third kappa shape index (κ3) is 9.60. The molecule has 0 radical (unpaired) electrons. The van der Waals surface area contributed by atoms with E-state index < -0.39 is 11.9 Å². The van der Waals surface area contributed by atoms with E-state index in [1.54, 1.807) is 12.1 Å². The number of aromatic carboxylic acids is 1. The monoisotopic (exact) mass is 376 g/mol. The zero-order valence-electron chi connectivity index (χ0n) is 17.0. The molecule has 0 amide bonds. The predicted octanol–water partition coefficient (Wildman–Crippen LogP) is 6.63. The lowest BCUT2D eigenvalue weighted by Crippen LogP contribution is -2.20. The molecular formula is C23H36O4. The standard InChI is InChI=1S/C23H36O4/c1-3-5-6-7-8-9-10-11-12-16-19(15-4-2)27-23(26)21-18-14-13-17-20(21)22(24)25/h13-14,17-19H,3-12,15-16H2,1-2H3,(H,24,25). The van der Waals surface area contributed by atoms with Gasteiger partial charge in [-0.2, -0.15) is 0 Å². The van der Waals surface area contributed by atoms with Gasteiger partial charge >= 0.3 is 11.9 Å². The summed E-state index contributed by atoms with van der Waals surface area (Å²) in [6.45, 7) is 4.31. The Labute approximate surface area is 164 Å². The van der Waals surface area contributed by atoms with Crippen molar-refractivity contribution in [2.24, 2.45) is 0 Å². The summed E-state index contributed by atoms with van der Waals surface area (Å²) in [4.78, 5) is 23.7. The number of carboxylic acids is 1. The average molecular weight is 377 g/mol. The van der Waals surface area contributed by atoms with Crippen LogP contribution in [0.4, 0.5) is 0 Å². The number of benzene rings is 1. The Kier molecular flexibility index (Phi) is 12.2. The number of carbonyl (C=O) groups excluding carboxylic acids is 1. The van der Waals surface area contributed by atoms with Crippen molar-refractivity contribution in [3.05, 3.63) is 35.4 Å². The Morgan fingerprint density at radius 1 is 0.815 bits per heavy atom. The molecule has 0 heterocycles. The molecule has 152 valence electrons. The van der Waals surface area contributed by atoms with Crippen molar-refractivity contribution < 1.29 is 19.4 Å². The fourth-order valence-corrected chi connectivity index (χ4v) is 3.33. The van der Waals surface area contributed by atoms with Crippen molar-refractivity contribution in [2.75, 3.05) is 0 Å². The fourth-order valence-electron chi connectivity index (χ4n) is 3.33. The van der Waals surface area contributed by atoms with Crippen LogP contribution in [0.3, 0.4) is 0 Å². The molecule has 0 aliphatic rings. The maximum Gasteiger partial charge on any atom is 0.339 e. The minimum atomic E-state index is -1.10. The van der Waals surface area contributed by atoms with Gasteiger partial charge in [-0.1, -0.05) is 83.8 Å². The van der Waals surface area contributed by atoms with E-state index in [-0.39, 0.29) is 17.2 Å². The second-order valence-corrected chi connectivity index (χ2v) is 7.28. The van der Waals surface area contributed by atoms with Crippen LogP contribution in [0.25, 0.3) is 0 Å². The molecule has 4 heteroatoms. The molecule has 0 aliphatic heterocycles. The molecule has 27 heavy (non-hydrogen) atoms. The number of unbranched alkanes of at least 4 members (excludes halogenated alkanes) is 8. The van der Waals surface area contributed by atoms with Crippen LogP contribution in [0.1, 0.15) is 112 Å². The predicted molar refractivity (Wildman–Crippen MR) is 109 cm³/mol. The first-order chi connectivity index (χ1) is 13.1. The Morgan fingerprint density at radius 3 is 1.93 bits per heavy atom. The van der Waals surface area contributed by atoms with Gasteiger partial charge < -0.3 is 9.84 Å². The maximum atomic E-state index is 12.4. The summed E-state index contributed by atoms with van der Waals surface area (Å²) in [5, 5.41) is 9.24. The van der Waals surface area contributed by atoms with Gasteiger partial charge in [0.05, 0.1) is 11.1 Å². The molecule has 0 aromatic heterocycles. The molecule has 1 rings (SSSR count). The van der Waals surface area contributed by atoms with Crippen LogP contribution < -0.4 is 0 Å². The molecule has 1 atom stereocenters. The number of ether oxygens (including phenoxy) is 1. The highest BCUT2D eigenvalue weighted by Crippen LogP contribution is 2.18. The van der Waals surface area contributed by atoms with Gasteiger partial charge in [-0.05, 0) is 31.4 Å². The molecule has 1 aromatic rings. The fraction of sp³-hybridized carbons (Fsp3) is 0.652. The summed E-state index contributed by atoms with van der Waals surface area (Å²) in [5.41, 5.74) is 0.138. The highest BCUT2D eigenvalue weighted by atomic mass is 16.5. The van der Waals surface area contributed by atoms with E-state index in [0.29, 0.717) is 0 Å². The smallest absolute Gasteiger partial charge is 0.339 e. The van der Waals surface area contributed by atoms with Gasteiger partial charge in [-0.15, -0.1) is 0 Å². The molecule has 4 nitrogen and oxygen atoms in total. The van der Waals surface area contributed by atoms with Crippen molar-refractivity contribution in [3.63, 3.8) is 0 Å². The zero-order chi connectivity index (χ0) is 19.9. The van der Waals surface area contributed by atoms with Crippen molar-refractivity contribution >= 4 is 11.9 Å². The minimum Gasteiger partial charge on any atom is -0.478 e. The molecule has 0 aliphatic carbocycles. The molecule has 1 aromatic carbocycles. The third-order valence-corrected chi connectivity index (χ3v) is 4.89. The number of carboxylic acid groups (broad SMARTS) is 1. The minimum absolute atomic E-state index is 0.000761. The van der Waals surface area contributed by atoms with Crippen LogP contribution in [0.2, 0.25) is 0 Å². The van der Waals surface area contributed by atoms with Crippen molar-refractivity contribution in [2.45, 2.75) is 97.0 Å². The van der Waals surface area contributed by atoms with Crippen LogP contribution in [-0.2, 0) is 4.74 Å². The topological polar surface area (TPSA) is 63.6 Å². The van der Waals surface area contributed by atoms with Crippen LogP contribution in [0.5, 0.6) is 0 Å². The Bertz CT molecular complexity index is 553. The number of carbonyl (C=O) groups is 2. The van der Waals surface area contributed by atoms with Gasteiger partial charge in [-0.25, -0.2) is 9.59 Å². The lowest BCUT2D eigenvalue weighted by atomic mass is 10.0. The Hall–Kier alpha value is -1.84. The largest absolute Gasteiger partial charge is 0.478 e. The van der Waals surface area contributed by atoms with E-state index in [1.165, 1.54) is 57.1 Å². The maximum absolute atomic E-state index is 12.4. The van der Waals surface area contributed by atoms with E-state index in [4.69, 9.17) is 4.74 Å². The van der Waals surface area contributed by atoms with Gasteiger partial charge in [0, 0.05) is 0 Å². The van der Waals surface area contributed by atoms with E-state index >= 15 is 0 Å². The first-order valence-corrected chi connectivity index (χ1v) is 10.6. The Morgan fingerprint density at radius 2 is 1.37 bits per heavy atom. The van der Waals surface area contributed by atoms with E-state index in [2.05, 4.69) is 13.8 Å². The van der Waals surface area contributed by atoms with Gasteiger partial charge in [-0.3, -0.25) is 0 Å². The summed E-state index contributed by atoms with van der Waals surface area (Å²) in [5.74, 6) is -1.63. The molecular weight excluding hydrogens is 340 g/mol. The van der Waals surface area contributed by atoms with Gasteiger partial charge in [0.25, 0.3) is 0 Å². The van der Waals surface area contributed by atoms with Crippen LogP contribution in [0, 0.1) is 0 Å². The highest BCUT2D eigenvalue weighted by Gasteiger charge is 2.20. The summed E-state index contributed by atoms with van der Waals surface area (Å²) in [7, 11) is 0.